The fourth-order valence-electron chi connectivity index (χ4n) is 2.44. The predicted octanol–water partition coefficient (Wildman–Crippen LogP) is 4.50. The van der Waals surface area contributed by atoms with Crippen LogP contribution in [0.15, 0.2) is 22.7 Å². The first-order chi connectivity index (χ1) is 10.1. The number of hydrogen-bond acceptors (Lipinski definition) is 4. The van der Waals surface area contributed by atoms with Crippen molar-refractivity contribution in [1.29, 1.82) is 0 Å². The van der Waals surface area contributed by atoms with Gasteiger partial charge in [0, 0.05) is 27.1 Å². The molecule has 0 fully saturated rings. The largest absolute Gasteiger partial charge is 0.496 e. The van der Waals surface area contributed by atoms with Gasteiger partial charge in [-0.25, -0.2) is 4.39 Å². The van der Waals surface area contributed by atoms with E-state index in [1.807, 2.05) is 11.8 Å². The Balaban J connectivity index is 1.99. The Hall–Kier alpha value is -0.560. The highest BCUT2D eigenvalue weighted by molar-refractivity contribution is 9.10. The molecule has 3 rings (SSSR count). The monoisotopic (exact) mass is 387 g/mol. The van der Waals surface area contributed by atoms with Gasteiger partial charge in [0.25, 0.3) is 0 Å². The van der Waals surface area contributed by atoms with Crippen LogP contribution in [0.2, 0.25) is 0 Å². The van der Waals surface area contributed by atoms with Crippen molar-refractivity contribution in [2.45, 2.75) is 18.2 Å². The summed E-state index contributed by atoms with van der Waals surface area (Å²) in [5.41, 5.74) is 8.60. The average molecular weight is 388 g/mol. The molecule has 1 atom stereocenters. The molecule has 0 saturated carbocycles. The third kappa shape index (κ3) is 2.99. The second-order valence-corrected chi connectivity index (χ2v) is 8.01. The molecule has 112 valence electrons. The number of rotatable bonds is 3. The Morgan fingerprint density at radius 2 is 2.19 bits per heavy atom. The maximum atomic E-state index is 13.6. The highest BCUT2D eigenvalue weighted by Gasteiger charge is 2.21. The topological polar surface area (TPSA) is 35.2 Å². The van der Waals surface area contributed by atoms with E-state index >= 15 is 0 Å². The van der Waals surface area contributed by atoms with E-state index < -0.39 is 0 Å². The molecule has 2 N–H and O–H groups in total. The second-order valence-electron chi connectivity index (χ2n) is 4.89. The number of thioether (sulfide) groups is 1. The SMILES string of the molecule is COc1cc(F)c(Br)cc1C(N)c1cc2c(s1)CCSC2. The summed E-state index contributed by atoms with van der Waals surface area (Å²) in [6.45, 7) is 0. The number of halogens is 2. The molecule has 0 bridgehead atoms. The van der Waals surface area contributed by atoms with Gasteiger partial charge in [-0.05, 0) is 45.8 Å². The number of hydrogen-bond donors (Lipinski definition) is 1. The van der Waals surface area contributed by atoms with Gasteiger partial charge in [0.05, 0.1) is 17.6 Å². The minimum atomic E-state index is -0.343. The van der Waals surface area contributed by atoms with E-state index in [0.29, 0.717) is 10.2 Å². The zero-order valence-corrected chi connectivity index (χ0v) is 14.7. The van der Waals surface area contributed by atoms with Gasteiger partial charge in [0.1, 0.15) is 11.6 Å². The number of thiophene rings is 1. The van der Waals surface area contributed by atoms with Crippen molar-refractivity contribution in [1.82, 2.24) is 0 Å². The van der Waals surface area contributed by atoms with Crippen LogP contribution >= 0.6 is 39.0 Å². The molecule has 2 nitrogen and oxygen atoms in total. The van der Waals surface area contributed by atoms with Gasteiger partial charge in [0.15, 0.2) is 0 Å². The van der Waals surface area contributed by atoms with Gasteiger partial charge in [-0.3, -0.25) is 0 Å². The molecule has 2 heterocycles. The van der Waals surface area contributed by atoms with E-state index in [2.05, 4.69) is 22.0 Å². The Bertz CT molecular complexity index is 650. The molecule has 1 unspecified atom stereocenters. The maximum Gasteiger partial charge on any atom is 0.141 e. The molecule has 2 aromatic rings. The number of aryl methyl sites for hydroxylation is 1. The zero-order chi connectivity index (χ0) is 15.0. The minimum absolute atomic E-state index is 0.294. The number of nitrogens with two attached hydrogens (primary N) is 1. The second kappa shape index (κ2) is 6.28. The summed E-state index contributed by atoms with van der Waals surface area (Å²) in [6.07, 6.45) is 1.11. The van der Waals surface area contributed by atoms with Crippen LogP contribution in [0.4, 0.5) is 4.39 Å². The molecule has 6 heteroatoms. The van der Waals surface area contributed by atoms with Crippen molar-refractivity contribution in [3.05, 3.63) is 49.4 Å². The zero-order valence-electron chi connectivity index (χ0n) is 11.5. The molecule has 1 aromatic carbocycles. The van der Waals surface area contributed by atoms with Crippen molar-refractivity contribution in [3.63, 3.8) is 0 Å². The summed E-state index contributed by atoms with van der Waals surface area (Å²) in [5, 5.41) is 0. The van der Waals surface area contributed by atoms with Gasteiger partial charge < -0.3 is 10.5 Å². The molecule has 1 aromatic heterocycles. The summed E-state index contributed by atoms with van der Waals surface area (Å²) in [7, 11) is 1.54. The van der Waals surface area contributed by atoms with Crippen LogP contribution in [0, 0.1) is 5.82 Å². The van der Waals surface area contributed by atoms with Crippen LogP contribution in [0.1, 0.15) is 26.9 Å². The van der Waals surface area contributed by atoms with E-state index in [-0.39, 0.29) is 11.9 Å². The van der Waals surface area contributed by atoms with Gasteiger partial charge in [-0.1, -0.05) is 0 Å². The third-order valence-corrected chi connectivity index (χ3v) is 6.50. The Kier molecular flexibility index (Phi) is 4.59. The van der Waals surface area contributed by atoms with E-state index in [0.717, 1.165) is 22.6 Å². The van der Waals surface area contributed by atoms with Crippen LogP contribution in [-0.4, -0.2) is 12.9 Å². The molecule has 0 amide bonds. The molecule has 1 aliphatic rings. The van der Waals surface area contributed by atoms with Crippen LogP contribution in [0.5, 0.6) is 5.75 Å². The standard InChI is InChI=1S/C15H15BrFNOS2/c1-19-12-6-11(17)10(16)5-9(12)15(18)14-4-8-7-20-3-2-13(8)21-14/h4-6,15H,2-3,7,18H2,1H3. The Morgan fingerprint density at radius 1 is 1.38 bits per heavy atom. The van der Waals surface area contributed by atoms with Crippen molar-refractivity contribution in [2.24, 2.45) is 5.73 Å². The molecular formula is C15H15BrFNOS2. The van der Waals surface area contributed by atoms with Crippen LogP contribution in [-0.2, 0) is 12.2 Å². The van der Waals surface area contributed by atoms with Crippen LogP contribution in [0.3, 0.4) is 0 Å². The molecular weight excluding hydrogens is 373 g/mol. The number of benzene rings is 1. The molecule has 0 aliphatic carbocycles. The molecule has 1 aliphatic heterocycles. The summed E-state index contributed by atoms with van der Waals surface area (Å²) < 4.78 is 19.3. The van der Waals surface area contributed by atoms with E-state index in [4.69, 9.17) is 10.5 Å². The predicted molar refractivity (Wildman–Crippen MR) is 90.9 cm³/mol. The number of ether oxygens (including phenoxy) is 1. The summed E-state index contributed by atoms with van der Waals surface area (Å²) in [4.78, 5) is 2.54. The maximum absolute atomic E-state index is 13.6. The van der Waals surface area contributed by atoms with Crippen LogP contribution in [0.25, 0.3) is 0 Å². The van der Waals surface area contributed by atoms with E-state index in [1.54, 1.807) is 17.4 Å². The first-order valence-electron chi connectivity index (χ1n) is 6.58. The highest BCUT2D eigenvalue weighted by atomic mass is 79.9. The first-order valence-corrected chi connectivity index (χ1v) is 9.34. The fourth-order valence-corrected chi connectivity index (χ4v) is 5.20. The summed E-state index contributed by atoms with van der Waals surface area (Å²) in [6, 6.07) is 4.99. The van der Waals surface area contributed by atoms with Gasteiger partial charge in [0.2, 0.25) is 0 Å². The smallest absolute Gasteiger partial charge is 0.141 e. The molecule has 0 spiro atoms. The van der Waals surface area contributed by atoms with Crippen LogP contribution < -0.4 is 10.5 Å². The van der Waals surface area contributed by atoms with E-state index in [1.165, 1.54) is 29.4 Å². The lowest BCUT2D eigenvalue weighted by atomic mass is 10.0. The third-order valence-electron chi connectivity index (χ3n) is 3.56. The fraction of sp³-hybridized carbons (Fsp3) is 0.333. The average Bonchev–Trinajstić information content (AvgIpc) is 2.92. The van der Waals surface area contributed by atoms with Gasteiger partial charge >= 0.3 is 0 Å². The lowest BCUT2D eigenvalue weighted by Crippen LogP contribution is -2.12. The lowest BCUT2D eigenvalue weighted by molar-refractivity contribution is 0.404. The van der Waals surface area contributed by atoms with Gasteiger partial charge in [-0.2, -0.15) is 11.8 Å². The van der Waals surface area contributed by atoms with Crippen molar-refractivity contribution < 1.29 is 9.13 Å². The van der Waals surface area contributed by atoms with E-state index in [9.17, 15) is 4.39 Å². The van der Waals surface area contributed by atoms with Crippen molar-refractivity contribution >= 4 is 39.0 Å². The quantitative estimate of drug-likeness (QED) is 0.841. The Labute approximate surface area is 140 Å². The lowest BCUT2D eigenvalue weighted by Gasteiger charge is -2.15. The van der Waals surface area contributed by atoms with Crippen molar-refractivity contribution in [2.75, 3.05) is 12.9 Å². The number of fused-ring (bicyclic) bond motifs is 1. The summed E-state index contributed by atoms with van der Waals surface area (Å²) in [5.74, 6) is 2.38. The highest BCUT2D eigenvalue weighted by Crippen LogP contribution is 2.39. The van der Waals surface area contributed by atoms with Crippen molar-refractivity contribution in [3.8, 4) is 5.75 Å². The normalized spacial score (nSPS) is 15.6. The van der Waals surface area contributed by atoms with Gasteiger partial charge in [-0.15, -0.1) is 11.3 Å². The number of methoxy groups -OCH3 is 1. The molecule has 21 heavy (non-hydrogen) atoms. The molecule has 0 radical (unpaired) electrons. The minimum Gasteiger partial charge on any atom is -0.496 e. The Morgan fingerprint density at radius 3 is 2.90 bits per heavy atom. The summed E-state index contributed by atoms with van der Waals surface area (Å²) >= 11 is 6.94. The first kappa shape index (κ1) is 15.3. The molecule has 0 saturated heterocycles.